The third-order valence-corrected chi connectivity index (χ3v) is 4.36. The Bertz CT molecular complexity index is 438. The van der Waals surface area contributed by atoms with Crippen molar-refractivity contribution in [1.29, 1.82) is 0 Å². The minimum absolute atomic E-state index is 0.152. The van der Waals surface area contributed by atoms with Gasteiger partial charge in [0.25, 0.3) is 0 Å². The molecule has 1 rings (SSSR count). The van der Waals surface area contributed by atoms with Crippen LogP contribution >= 0.6 is 46.4 Å². The molecule has 0 amide bonds. The molecule has 1 nitrogen and oxygen atoms in total. The van der Waals surface area contributed by atoms with Crippen LogP contribution in [0.15, 0.2) is 6.07 Å². The summed E-state index contributed by atoms with van der Waals surface area (Å²) >= 11 is 24.3. The molecule has 0 heterocycles. The average Bonchev–Trinajstić information content (AvgIpc) is 2.28. The van der Waals surface area contributed by atoms with Gasteiger partial charge in [-0.3, -0.25) is 0 Å². The zero-order valence-electron chi connectivity index (χ0n) is 11.4. The second kappa shape index (κ2) is 7.38. The lowest BCUT2D eigenvalue weighted by Crippen LogP contribution is -2.36. The summed E-state index contributed by atoms with van der Waals surface area (Å²) < 4.78 is 0. The second-order valence-electron chi connectivity index (χ2n) is 5.58. The van der Waals surface area contributed by atoms with Gasteiger partial charge in [0.05, 0.1) is 15.1 Å². The molecule has 0 aliphatic heterocycles. The van der Waals surface area contributed by atoms with Crippen LogP contribution < -0.4 is 5.32 Å². The normalized spacial score (nSPS) is 11.9. The molecule has 0 aromatic heterocycles. The Balaban J connectivity index is 2.53. The minimum atomic E-state index is 0.152. The molecule has 0 aliphatic rings. The van der Waals surface area contributed by atoms with Gasteiger partial charge in [-0.15, -0.1) is 0 Å². The molecule has 5 heteroatoms. The van der Waals surface area contributed by atoms with E-state index in [9.17, 15) is 0 Å². The summed E-state index contributed by atoms with van der Waals surface area (Å²) in [6.45, 7) is 7.43. The van der Waals surface area contributed by atoms with Crippen LogP contribution in [-0.4, -0.2) is 12.1 Å². The molecule has 1 N–H and O–H groups in total. The number of halogens is 4. The topological polar surface area (TPSA) is 12.0 Å². The molecular weight excluding hydrogens is 324 g/mol. The smallest absolute Gasteiger partial charge is 0.0782 e. The van der Waals surface area contributed by atoms with Crippen LogP contribution in [-0.2, 0) is 6.42 Å². The third-order valence-electron chi connectivity index (χ3n) is 2.72. The summed E-state index contributed by atoms with van der Waals surface area (Å²) in [4.78, 5) is 0. The van der Waals surface area contributed by atoms with Gasteiger partial charge in [-0.05, 0) is 58.2 Å². The van der Waals surface area contributed by atoms with Crippen molar-refractivity contribution in [2.45, 2.75) is 45.6 Å². The van der Waals surface area contributed by atoms with E-state index < -0.39 is 0 Å². The van der Waals surface area contributed by atoms with E-state index in [0.29, 0.717) is 20.1 Å². The number of rotatable bonds is 5. The second-order valence-corrected chi connectivity index (χ2v) is 7.15. The number of unbranched alkanes of at least 4 members (excludes halogenated alkanes) is 1. The Morgan fingerprint density at radius 3 is 2.16 bits per heavy atom. The molecule has 108 valence electrons. The van der Waals surface area contributed by atoms with Crippen LogP contribution in [0.1, 0.15) is 39.2 Å². The average molecular weight is 343 g/mol. The SMILES string of the molecule is CC(C)(C)NCCCCc1c(Cl)cc(Cl)c(Cl)c1Cl. The van der Waals surface area contributed by atoms with E-state index in [1.165, 1.54) is 0 Å². The highest BCUT2D eigenvalue weighted by Crippen LogP contribution is 2.38. The molecule has 0 bridgehead atoms. The van der Waals surface area contributed by atoms with Gasteiger partial charge in [0.1, 0.15) is 0 Å². The zero-order chi connectivity index (χ0) is 14.6. The van der Waals surface area contributed by atoms with E-state index in [0.717, 1.165) is 31.4 Å². The van der Waals surface area contributed by atoms with E-state index in [1.807, 2.05) is 0 Å². The Kier molecular flexibility index (Phi) is 6.75. The lowest BCUT2D eigenvalue weighted by Gasteiger charge is -2.20. The number of hydrogen-bond donors (Lipinski definition) is 1. The van der Waals surface area contributed by atoms with E-state index >= 15 is 0 Å². The first-order valence-corrected chi connectivity index (χ1v) is 7.80. The summed E-state index contributed by atoms with van der Waals surface area (Å²) in [5, 5.41) is 5.29. The van der Waals surface area contributed by atoms with Crippen LogP contribution in [0.5, 0.6) is 0 Å². The molecule has 0 aliphatic carbocycles. The van der Waals surface area contributed by atoms with Gasteiger partial charge in [-0.25, -0.2) is 0 Å². The summed E-state index contributed by atoms with van der Waals surface area (Å²) in [5.74, 6) is 0. The van der Waals surface area contributed by atoms with Crippen molar-refractivity contribution in [3.05, 3.63) is 31.7 Å². The van der Waals surface area contributed by atoms with Crippen LogP contribution in [0.2, 0.25) is 20.1 Å². The maximum Gasteiger partial charge on any atom is 0.0782 e. The van der Waals surface area contributed by atoms with E-state index in [1.54, 1.807) is 6.07 Å². The highest BCUT2D eigenvalue weighted by Gasteiger charge is 2.13. The monoisotopic (exact) mass is 341 g/mol. The number of nitrogens with one attached hydrogen (secondary N) is 1. The fraction of sp³-hybridized carbons (Fsp3) is 0.571. The zero-order valence-corrected chi connectivity index (χ0v) is 14.4. The van der Waals surface area contributed by atoms with Crippen LogP contribution in [0.25, 0.3) is 0 Å². The summed E-state index contributed by atoms with van der Waals surface area (Å²) in [7, 11) is 0. The van der Waals surface area contributed by atoms with Crippen LogP contribution in [0.3, 0.4) is 0 Å². The quantitative estimate of drug-likeness (QED) is 0.392. The van der Waals surface area contributed by atoms with Crippen LogP contribution in [0.4, 0.5) is 0 Å². The maximum atomic E-state index is 6.17. The van der Waals surface area contributed by atoms with Gasteiger partial charge >= 0.3 is 0 Å². The summed E-state index contributed by atoms with van der Waals surface area (Å²) in [6, 6.07) is 1.65. The van der Waals surface area contributed by atoms with Crippen molar-refractivity contribution in [1.82, 2.24) is 5.32 Å². The maximum absolute atomic E-state index is 6.17. The van der Waals surface area contributed by atoms with Crippen molar-refractivity contribution >= 4 is 46.4 Å². The molecule has 0 saturated carbocycles. The number of hydrogen-bond acceptors (Lipinski definition) is 1. The Labute approximate surface area is 135 Å². The van der Waals surface area contributed by atoms with Crippen molar-refractivity contribution in [2.24, 2.45) is 0 Å². The lowest BCUT2D eigenvalue weighted by molar-refractivity contribution is 0.419. The van der Waals surface area contributed by atoms with Gasteiger partial charge in [0.15, 0.2) is 0 Å². The van der Waals surface area contributed by atoms with Gasteiger partial charge in [0.2, 0.25) is 0 Å². The molecule has 0 radical (unpaired) electrons. The predicted molar refractivity (Wildman–Crippen MR) is 87.2 cm³/mol. The summed E-state index contributed by atoms with van der Waals surface area (Å²) in [6.07, 6.45) is 2.87. The molecule has 0 unspecified atom stereocenters. The molecule has 1 aromatic carbocycles. The largest absolute Gasteiger partial charge is 0.312 e. The van der Waals surface area contributed by atoms with E-state index in [4.69, 9.17) is 46.4 Å². The Hall–Kier alpha value is 0.340. The van der Waals surface area contributed by atoms with Gasteiger partial charge in [-0.1, -0.05) is 46.4 Å². The van der Waals surface area contributed by atoms with E-state index in [-0.39, 0.29) is 5.54 Å². The molecule has 1 aromatic rings. The minimum Gasteiger partial charge on any atom is -0.312 e. The fourth-order valence-corrected chi connectivity index (χ4v) is 2.84. The molecule has 19 heavy (non-hydrogen) atoms. The lowest BCUT2D eigenvalue weighted by atomic mass is 10.1. The fourth-order valence-electron chi connectivity index (χ4n) is 1.72. The van der Waals surface area contributed by atoms with Crippen molar-refractivity contribution < 1.29 is 0 Å². The van der Waals surface area contributed by atoms with E-state index in [2.05, 4.69) is 26.1 Å². The van der Waals surface area contributed by atoms with Crippen molar-refractivity contribution in [3.8, 4) is 0 Å². The highest BCUT2D eigenvalue weighted by atomic mass is 35.5. The van der Waals surface area contributed by atoms with Gasteiger partial charge in [0, 0.05) is 10.6 Å². The van der Waals surface area contributed by atoms with Crippen LogP contribution in [0, 0.1) is 0 Å². The Morgan fingerprint density at radius 2 is 1.58 bits per heavy atom. The Morgan fingerprint density at radius 1 is 0.947 bits per heavy atom. The number of benzene rings is 1. The standard InChI is InChI=1S/C14H19Cl4N/c1-14(2,3)19-7-5-4-6-9-10(15)8-11(16)13(18)12(9)17/h8,19H,4-7H2,1-3H3. The molecule has 0 atom stereocenters. The third kappa shape index (κ3) is 5.69. The molecule has 0 spiro atoms. The van der Waals surface area contributed by atoms with Crippen molar-refractivity contribution in [3.63, 3.8) is 0 Å². The highest BCUT2D eigenvalue weighted by molar-refractivity contribution is 6.49. The van der Waals surface area contributed by atoms with Gasteiger partial charge < -0.3 is 5.32 Å². The van der Waals surface area contributed by atoms with Gasteiger partial charge in [-0.2, -0.15) is 0 Å². The summed E-state index contributed by atoms with van der Waals surface area (Å²) in [5.41, 5.74) is 1.03. The molecule has 0 saturated heterocycles. The first-order valence-electron chi connectivity index (χ1n) is 6.29. The van der Waals surface area contributed by atoms with Crippen molar-refractivity contribution in [2.75, 3.05) is 6.54 Å². The first kappa shape index (κ1) is 17.4. The molecular formula is C14H19Cl4N. The molecule has 0 fully saturated rings. The first-order chi connectivity index (χ1) is 8.72. The predicted octanol–water partition coefficient (Wildman–Crippen LogP) is 6.01.